The molecule has 0 aliphatic carbocycles. The molecule has 0 fully saturated rings. The van der Waals surface area contributed by atoms with Gasteiger partial charge in [0.25, 0.3) is 0 Å². The molecular formula is C12H19N3O2S. The van der Waals surface area contributed by atoms with Crippen molar-refractivity contribution < 1.29 is 9.53 Å². The van der Waals surface area contributed by atoms with E-state index in [1.807, 2.05) is 0 Å². The van der Waals surface area contributed by atoms with Gasteiger partial charge in [-0.1, -0.05) is 0 Å². The van der Waals surface area contributed by atoms with Crippen molar-refractivity contribution in [1.29, 1.82) is 0 Å². The molecule has 1 unspecified atom stereocenters. The third kappa shape index (κ3) is 4.10. The number of hydrogen-bond acceptors (Lipinski definition) is 6. The first kappa shape index (κ1) is 14.6. The maximum Gasteiger partial charge on any atom is 0.340 e. The number of esters is 1. The maximum atomic E-state index is 11.5. The standard InChI is InChI=1S/C12H19N3O2S/c1-8(4-5-18-3)15-11-6-9(12(16)17-2)10(13)7-14-11/h6-8H,4-5,13H2,1-3H3,(H,14,15). The van der Waals surface area contributed by atoms with Crippen molar-refractivity contribution in [2.24, 2.45) is 0 Å². The molecule has 0 bridgehead atoms. The van der Waals surface area contributed by atoms with Crippen molar-refractivity contribution in [2.45, 2.75) is 19.4 Å². The third-order valence-corrected chi connectivity index (χ3v) is 3.13. The number of hydrogen-bond donors (Lipinski definition) is 2. The minimum atomic E-state index is -0.449. The Hall–Kier alpha value is -1.43. The molecule has 0 aliphatic heterocycles. The molecule has 0 spiro atoms. The summed E-state index contributed by atoms with van der Waals surface area (Å²) in [6.07, 6.45) is 4.57. The molecule has 100 valence electrons. The molecule has 0 amide bonds. The van der Waals surface area contributed by atoms with Crippen molar-refractivity contribution in [3.05, 3.63) is 17.8 Å². The number of nitrogens with zero attached hydrogens (tertiary/aromatic N) is 1. The highest BCUT2D eigenvalue weighted by Crippen LogP contribution is 2.17. The molecule has 0 radical (unpaired) electrons. The number of pyridine rings is 1. The quantitative estimate of drug-likeness (QED) is 0.769. The zero-order valence-electron chi connectivity index (χ0n) is 10.9. The Morgan fingerprint density at radius 3 is 3.00 bits per heavy atom. The van der Waals surface area contributed by atoms with Gasteiger partial charge in [0.05, 0.1) is 24.6 Å². The summed E-state index contributed by atoms with van der Waals surface area (Å²) >= 11 is 1.80. The number of ether oxygens (including phenoxy) is 1. The van der Waals surface area contributed by atoms with Crippen molar-refractivity contribution >= 4 is 29.2 Å². The molecule has 1 rings (SSSR count). The number of methoxy groups -OCH3 is 1. The van der Waals surface area contributed by atoms with Gasteiger partial charge < -0.3 is 15.8 Å². The van der Waals surface area contributed by atoms with Gasteiger partial charge in [-0.25, -0.2) is 9.78 Å². The second kappa shape index (κ2) is 7.10. The van der Waals surface area contributed by atoms with E-state index < -0.39 is 5.97 Å². The number of nitrogens with one attached hydrogen (secondary N) is 1. The number of nitrogen functional groups attached to an aromatic ring is 1. The molecule has 1 atom stereocenters. The summed E-state index contributed by atoms with van der Waals surface area (Å²) in [4.78, 5) is 15.6. The largest absolute Gasteiger partial charge is 0.465 e. The molecule has 1 aromatic heterocycles. The van der Waals surface area contributed by atoms with Crippen LogP contribution in [-0.4, -0.2) is 36.1 Å². The normalized spacial score (nSPS) is 11.9. The number of rotatable bonds is 6. The molecule has 6 heteroatoms. The summed E-state index contributed by atoms with van der Waals surface area (Å²) in [6, 6.07) is 1.91. The fourth-order valence-corrected chi connectivity index (χ4v) is 2.04. The average molecular weight is 269 g/mol. The lowest BCUT2D eigenvalue weighted by molar-refractivity contribution is 0.0602. The highest BCUT2D eigenvalue weighted by molar-refractivity contribution is 7.98. The van der Waals surface area contributed by atoms with Gasteiger partial charge in [0.2, 0.25) is 0 Å². The predicted molar refractivity (Wildman–Crippen MR) is 76.1 cm³/mol. The zero-order valence-corrected chi connectivity index (χ0v) is 11.7. The van der Waals surface area contributed by atoms with Gasteiger partial charge in [0, 0.05) is 6.04 Å². The van der Waals surface area contributed by atoms with Crippen molar-refractivity contribution in [2.75, 3.05) is 30.2 Å². The number of nitrogens with two attached hydrogens (primary N) is 1. The van der Waals surface area contributed by atoms with Gasteiger partial charge in [-0.05, 0) is 31.4 Å². The van der Waals surface area contributed by atoms with Crippen LogP contribution in [0.15, 0.2) is 12.3 Å². The summed E-state index contributed by atoms with van der Waals surface area (Å²) in [5.74, 6) is 1.26. The minimum absolute atomic E-state index is 0.291. The summed E-state index contributed by atoms with van der Waals surface area (Å²) in [5.41, 5.74) is 6.35. The lowest BCUT2D eigenvalue weighted by atomic mass is 10.2. The fourth-order valence-electron chi connectivity index (χ4n) is 1.45. The van der Waals surface area contributed by atoms with E-state index in [-0.39, 0.29) is 0 Å². The first-order valence-electron chi connectivity index (χ1n) is 5.67. The Bertz CT molecular complexity index is 412. The van der Waals surface area contributed by atoms with Gasteiger partial charge in [-0.3, -0.25) is 0 Å². The number of aromatic nitrogens is 1. The van der Waals surface area contributed by atoms with E-state index in [9.17, 15) is 4.79 Å². The minimum Gasteiger partial charge on any atom is -0.465 e. The smallest absolute Gasteiger partial charge is 0.340 e. The van der Waals surface area contributed by atoms with E-state index >= 15 is 0 Å². The van der Waals surface area contributed by atoms with Crippen molar-refractivity contribution in [1.82, 2.24) is 4.98 Å². The van der Waals surface area contributed by atoms with Crippen LogP contribution in [0.1, 0.15) is 23.7 Å². The fraction of sp³-hybridized carbons (Fsp3) is 0.500. The molecule has 3 N–H and O–H groups in total. The molecule has 1 aromatic rings. The molecule has 0 saturated carbocycles. The Kier molecular flexibility index (Phi) is 5.77. The molecule has 18 heavy (non-hydrogen) atoms. The number of carbonyl (C=O) groups excluding carboxylic acids is 1. The molecule has 0 saturated heterocycles. The Labute approximate surface area is 111 Å². The van der Waals surface area contributed by atoms with Gasteiger partial charge in [0.15, 0.2) is 0 Å². The van der Waals surface area contributed by atoms with Gasteiger partial charge >= 0.3 is 5.97 Å². The first-order chi connectivity index (χ1) is 8.58. The van der Waals surface area contributed by atoms with Gasteiger partial charge in [-0.2, -0.15) is 11.8 Å². The van der Waals surface area contributed by atoms with E-state index in [0.717, 1.165) is 12.2 Å². The summed E-state index contributed by atoms with van der Waals surface area (Å²) in [5, 5.41) is 3.24. The lowest BCUT2D eigenvalue weighted by Gasteiger charge is -2.14. The molecule has 1 heterocycles. The SMILES string of the molecule is COC(=O)c1cc(NC(C)CCSC)ncc1N. The van der Waals surface area contributed by atoms with E-state index in [1.54, 1.807) is 17.8 Å². The monoisotopic (exact) mass is 269 g/mol. The Morgan fingerprint density at radius 1 is 1.67 bits per heavy atom. The number of anilines is 2. The van der Waals surface area contributed by atoms with Crippen LogP contribution in [0.2, 0.25) is 0 Å². The number of thioether (sulfide) groups is 1. The maximum absolute atomic E-state index is 11.5. The van der Waals surface area contributed by atoms with E-state index in [0.29, 0.717) is 23.1 Å². The molecule has 0 aromatic carbocycles. The summed E-state index contributed by atoms with van der Waals surface area (Å²) in [6.45, 7) is 2.08. The third-order valence-electron chi connectivity index (χ3n) is 2.49. The average Bonchev–Trinajstić information content (AvgIpc) is 2.37. The lowest BCUT2D eigenvalue weighted by Crippen LogP contribution is -2.17. The van der Waals surface area contributed by atoms with E-state index in [2.05, 4.69) is 28.2 Å². The summed E-state index contributed by atoms with van der Waals surface area (Å²) < 4.78 is 4.66. The van der Waals surface area contributed by atoms with Gasteiger partial charge in [-0.15, -0.1) is 0 Å². The van der Waals surface area contributed by atoms with Gasteiger partial charge in [0.1, 0.15) is 5.82 Å². The van der Waals surface area contributed by atoms with Crippen LogP contribution in [0, 0.1) is 0 Å². The zero-order chi connectivity index (χ0) is 13.5. The van der Waals surface area contributed by atoms with Crippen molar-refractivity contribution in [3.63, 3.8) is 0 Å². The van der Waals surface area contributed by atoms with E-state index in [4.69, 9.17) is 5.73 Å². The highest BCUT2D eigenvalue weighted by atomic mass is 32.2. The second-order valence-electron chi connectivity index (χ2n) is 3.98. The van der Waals surface area contributed by atoms with Crippen LogP contribution >= 0.6 is 11.8 Å². The van der Waals surface area contributed by atoms with Crippen LogP contribution in [0.5, 0.6) is 0 Å². The second-order valence-corrected chi connectivity index (χ2v) is 4.96. The highest BCUT2D eigenvalue weighted by Gasteiger charge is 2.12. The molecular weight excluding hydrogens is 250 g/mol. The van der Waals surface area contributed by atoms with Crippen LogP contribution in [-0.2, 0) is 4.74 Å². The molecule has 0 aliphatic rings. The van der Waals surface area contributed by atoms with Crippen LogP contribution in [0.4, 0.5) is 11.5 Å². The predicted octanol–water partition coefficient (Wildman–Crippen LogP) is 2.00. The summed E-state index contributed by atoms with van der Waals surface area (Å²) in [7, 11) is 1.33. The molecule has 5 nitrogen and oxygen atoms in total. The Balaban J connectivity index is 2.75. The topological polar surface area (TPSA) is 77.2 Å². The van der Waals surface area contributed by atoms with Crippen LogP contribution in [0.25, 0.3) is 0 Å². The van der Waals surface area contributed by atoms with E-state index in [1.165, 1.54) is 13.3 Å². The van der Waals surface area contributed by atoms with Crippen molar-refractivity contribution in [3.8, 4) is 0 Å². The Morgan fingerprint density at radius 2 is 2.39 bits per heavy atom. The van der Waals surface area contributed by atoms with Crippen LogP contribution < -0.4 is 11.1 Å². The number of carbonyl (C=O) groups is 1. The van der Waals surface area contributed by atoms with Crippen LogP contribution in [0.3, 0.4) is 0 Å². The first-order valence-corrected chi connectivity index (χ1v) is 7.07.